The summed E-state index contributed by atoms with van der Waals surface area (Å²) in [5.74, 6) is -1.92. The molecule has 0 unspecified atom stereocenters. The third-order valence-corrected chi connectivity index (χ3v) is 5.08. The minimum atomic E-state index is -3.30. The topological polar surface area (TPSA) is 93.1 Å². The van der Waals surface area contributed by atoms with Crippen LogP contribution in [-0.4, -0.2) is 30.4 Å². The van der Waals surface area contributed by atoms with Crippen LogP contribution in [0.3, 0.4) is 0 Å². The molecule has 1 aromatic heterocycles. The number of nitrogens with zero attached hydrogens (tertiary/aromatic N) is 2. The van der Waals surface area contributed by atoms with Gasteiger partial charge in [-0.1, -0.05) is 12.1 Å². The molecule has 1 heterocycles. The molecule has 0 saturated heterocycles. The molecule has 3 aromatic rings. The number of rotatable bonds is 6. The van der Waals surface area contributed by atoms with Crippen molar-refractivity contribution in [2.75, 3.05) is 11.6 Å². The van der Waals surface area contributed by atoms with Crippen LogP contribution in [0.4, 0.5) is 14.5 Å². The highest BCUT2D eigenvalue weighted by atomic mass is 32.2. The zero-order chi connectivity index (χ0) is 22.1. The number of nitrogens with one attached hydrogen (secondary N) is 2. The van der Waals surface area contributed by atoms with Gasteiger partial charge in [0, 0.05) is 18.3 Å². The Morgan fingerprint density at radius 2 is 1.77 bits per heavy atom. The minimum absolute atomic E-state index is 0.0405. The molecule has 0 radical (unpaired) electrons. The number of carbonyl (C=O) groups excluding carboxylic acids is 1. The molecule has 30 heavy (non-hydrogen) atoms. The van der Waals surface area contributed by atoms with E-state index < -0.39 is 27.6 Å². The Morgan fingerprint density at radius 1 is 1.10 bits per heavy atom. The molecule has 0 spiro atoms. The highest BCUT2D eigenvalue weighted by Gasteiger charge is 2.21. The fraction of sp³-hybridized carbons (Fsp3) is 0.200. The molecule has 0 aliphatic carbocycles. The van der Waals surface area contributed by atoms with Crippen LogP contribution in [0.15, 0.2) is 42.5 Å². The van der Waals surface area contributed by atoms with Gasteiger partial charge in [-0.25, -0.2) is 26.6 Å². The van der Waals surface area contributed by atoms with Crippen LogP contribution in [0.1, 0.15) is 27.3 Å². The standard InChI is InChI=1S/C20H20F2N4O3S/c1-12-19(13(2)26(25-12)18-9-6-15(21)10-17(18)22)20(27)24-16-7-4-14(5-8-16)11-23-30(3,28)29/h4-10,23H,11H2,1-3H3,(H,24,27). The summed E-state index contributed by atoms with van der Waals surface area (Å²) in [6, 6.07) is 9.79. The van der Waals surface area contributed by atoms with E-state index in [4.69, 9.17) is 0 Å². The molecule has 7 nitrogen and oxygen atoms in total. The number of benzene rings is 2. The molecule has 1 amide bonds. The number of hydrogen-bond donors (Lipinski definition) is 2. The molecule has 2 N–H and O–H groups in total. The number of anilines is 1. The first-order valence-corrected chi connectivity index (χ1v) is 10.8. The van der Waals surface area contributed by atoms with Crippen LogP contribution in [-0.2, 0) is 16.6 Å². The van der Waals surface area contributed by atoms with Gasteiger partial charge in [0.15, 0.2) is 5.82 Å². The zero-order valence-corrected chi connectivity index (χ0v) is 17.3. The molecule has 158 valence electrons. The van der Waals surface area contributed by atoms with Crippen LogP contribution < -0.4 is 10.0 Å². The van der Waals surface area contributed by atoms with Gasteiger partial charge in [-0.05, 0) is 43.7 Å². The molecule has 0 fully saturated rings. The van der Waals surface area contributed by atoms with Gasteiger partial charge in [0.05, 0.1) is 23.2 Å². The van der Waals surface area contributed by atoms with Gasteiger partial charge in [0.1, 0.15) is 11.5 Å². The Morgan fingerprint density at radius 3 is 2.37 bits per heavy atom. The largest absolute Gasteiger partial charge is 0.322 e. The molecule has 2 aromatic carbocycles. The van der Waals surface area contributed by atoms with Crippen molar-refractivity contribution in [2.24, 2.45) is 0 Å². The monoisotopic (exact) mass is 434 g/mol. The molecule has 3 rings (SSSR count). The van der Waals surface area contributed by atoms with E-state index in [1.165, 1.54) is 10.7 Å². The van der Waals surface area contributed by atoms with Crippen molar-refractivity contribution in [3.05, 3.63) is 76.6 Å². The molecule has 0 bridgehead atoms. The minimum Gasteiger partial charge on any atom is -0.322 e. The first-order chi connectivity index (χ1) is 14.0. The van der Waals surface area contributed by atoms with Crippen LogP contribution in [0.25, 0.3) is 5.69 Å². The van der Waals surface area contributed by atoms with Crippen molar-refractivity contribution in [2.45, 2.75) is 20.4 Å². The number of amides is 1. The quantitative estimate of drug-likeness (QED) is 0.624. The third-order valence-electron chi connectivity index (χ3n) is 4.41. The summed E-state index contributed by atoms with van der Waals surface area (Å²) < 4.78 is 53.3. The van der Waals surface area contributed by atoms with Crippen molar-refractivity contribution in [3.8, 4) is 5.69 Å². The highest BCUT2D eigenvalue weighted by Crippen LogP contribution is 2.22. The maximum atomic E-state index is 14.1. The van der Waals surface area contributed by atoms with E-state index in [1.54, 1.807) is 38.1 Å². The summed E-state index contributed by atoms with van der Waals surface area (Å²) in [6.45, 7) is 3.39. The van der Waals surface area contributed by atoms with E-state index in [9.17, 15) is 22.0 Å². The Labute approximate surface area is 172 Å². The predicted molar refractivity (Wildman–Crippen MR) is 109 cm³/mol. The van der Waals surface area contributed by atoms with Crippen LogP contribution in [0.5, 0.6) is 0 Å². The average Bonchev–Trinajstić information content (AvgIpc) is 2.94. The Bertz CT molecular complexity index is 1210. The van der Waals surface area contributed by atoms with Crippen molar-refractivity contribution < 1.29 is 22.0 Å². The summed E-state index contributed by atoms with van der Waals surface area (Å²) in [5.41, 5.74) is 2.35. The van der Waals surface area contributed by atoms with Gasteiger partial charge < -0.3 is 5.32 Å². The zero-order valence-electron chi connectivity index (χ0n) is 16.5. The lowest BCUT2D eigenvalue weighted by Gasteiger charge is -2.09. The first kappa shape index (κ1) is 21.6. The number of sulfonamides is 1. The predicted octanol–water partition coefficient (Wildman–Crippen LogP) is 3.07. The van der Waals surface area contributed by atoms with Gasteiger partial charge in [0.25, 0.3) is 5.91 Å². The lowest BCUT2D eigenvalue weighted by atomic mass is 10.1. The SMILES string of the molecule is Cc1nn(-c2ccc(F)cc2F)c(C)c1C(=O)Nc1ccc(CNS(C)(=O)=O)cc1. The summed E-state index contributed by atoms with van der Waals surface area (Å²) in [4.78, 5) is 12.8. The molecule has 0 aliphatic rings. The number of carbonyl (C=O) groups is 1. The summed E-state index contributed by atoms with van der Waals surface area (Å²) >= 11 is 0. The fourth-order valence-electron chi connectivity index (χ4n) is 2.97. The summed E-state index contributed by atoms with van der Waals surface area (Å²) in [6.07, 6.45) is 1.07. The molecular formula is C20H20F2N4O3S. The Kier molecular flexibility index (Phi) is 5.99. The van der Waals surface area contributed by atoms with Crippen molar-refractivity contribution in [1.82, 2.24) is 14.5 Å². The van der Waals surface area contributed by atoms with Gasteiger partial charge in [0.2, 0.25) is 10.0 Å². The second-order valence-corrected chi connectivity index (χ2v) is 8.63. The number of aromatic nitrogens is 2. The molecular weight excluding hydrogens is 414 g/mol. The second-order valence-electron chi connectivity index (χ2n) is 6.80. The lowest BCUT2D eigenvalue weighted by molar-refractivity contribution is 0.102. The lowest BCUT2D eigenvalue weighted by Crippen LogP contribution is -2.21. The van der Waals surface area contributed by atoms with Crippen molar-refractivity contribution >= 4 is 21.6 Å². The smallest absolute Gasteiger partial charge is 0.259 e. The second kappa shape index (κ2) is 8.33. The van der Waals surface area contributed by atoms with Crippen LogP contribution in [0.2, 0.25) is 0 Å². The van der Waals surface area contributed by atoms with E-state index in [-0.39, 0.29) is 17.8 Å². The molecule has 0 aliphatic heterocycles. The Hall–Kier alpha value is -3.11. The maximum Gasteiger partial charge on any atom is 0.259 e. The molecule has 0 saturated carbocycles. The van der Waals surface area contributed by atoms with Crippen molar-refractivity contribution in [3.63, 3.8) is 0 Å². The van der Waals surface area contributed by atoms with E-state index >= 15 is 0 Å². The number of halogens is 2. The van der Waals surface area contributed by atoms with Gasteiger partial charge in [-0.2, -0.15) is 5.10 Å². The van der Waals surface area contributed by atoms with E-state index in [1.807, 2.05) is 0 Å². The average molecular weight is 434 g/mol. The van der Waals surface area contributed by atoms with Gasteiger partial charge >= 0.3 is 0 Å². The van der Waals surface area contributed by atoms with Crippen LogP contribution in [0, 0.1) is 25.5 Å². The third kappa shape index (κ3) is 4.89. The van der Waals surface area contributed by atoms with E-state index in [2.05, 4.69) is 15.1 Å². The van der Waals surface area contributed by atoms with E-state index in [0.717, 1.165) is 24.0 Å². The van der Waals surface area contributed by atoms with Gasteiger partial charge in [-0.3, -0.25) is 4.79 Å². The van der Waals surface area contributed by atoms with E-state index in [0.29, 0.717) is 17.1 Å². The summed E-state index contributed by atoms with van der Waals surface area (Å²) in [5, 5.41) is 6.97. The Balaban J connectivity index is 1.80. The highest BCUT2D eigenvalue weighted by molar-refractivity contribution is 7.88. The number of aryl methyl sites for hydroxylation is 1. The normalized spacial score (nSPS) is 11.5. The summed E-state index contributed by atoms with van der Waals surface area (Å²) in [7, 11) is -3.30. The fourth-order valence-corrected chi connectivity index (χ4v) is 3.40. The van der Waals surface area contributed by atoms with Crippen LogP contribution >= 0.6 is 0 Å². The molecule has 10 heteroatoms. The van der Waals surface area contributed by atoms with Gasteiger partial charge in [-0.15, -0.1) is 0 Å². The first-order valence-electron chi connectivity index (χ1n) is 8.92. The van der Waals surface area contributed by atoms with Crippen molar-refractivity contribution in [1.29, 1.82) is 0 Å². The molecule has 0 atom stereocenters. The number of hydrogen-bond acceptors (Lipinski definition) is 4. The maximum absolute atomic E-state index is 14.1.